The normalized spacial score (nSPS) is 14.7. The van der Waals surface area contributed by atoms with Crippen LogP contribution in [0, 0.1) is 5.82 Å². The minimum absolute atomic E-state index is 0.0128. The number of aryl methyl sites for hydroxylation is 1. The highest BCUT2D eigenvalue weighted by molar-refractivity contribution is 5.79. The fourth-order valence-corrected chi connectivity index (χ4v) is 3.87. The van der Waals surface area contributed by atoms with E-state index in [9.17, 15) is 22.7 Å². The Bertz CT molecular complexity index is 996. The molecule has 0 amide bonds. The summed E-state index contributed by atoms with van der Waals surface area (Å²) in [6.07, 6.45) is -2.88. The molecule has 30 heavy (non-hydrogen) atoms. The van der Waals surface area contributed by atoms with Crippen molar-refractivity contribution in [2.75, 3.05) is 7.11 Å². The van der Waals surface area contributed by atoms with Crippen LogP contribution in [0.5, 0.6) is 5.75 Å². The molecule has 3 rings (SSSR count). The SMILES string of the molecule is COc1ccc(F)cc1C(C)(C)CC(O)(CCc1cc2ccncc2[nH]1)C(F)(F)F. The molecule has 0 bridgehead atoms. The lowest BCUT2D eigenvalue weighted by Gasteiger charge is -2.38. The number of halogens is 4. The number of alkyl halides is 3. The van der Waals surface area contributed by atoms with E-state index in [1.165, 1.54) is 33.1 Å². The monoisotopic (exact) mass is 424 g/mol. The molecule has 0 radical (unpaired) electrons. The Morgan fingerprint density at radius 2 is 1.87 bits per heavy atom. The van der Waals surface area contributed by atoms with Crippen molar-refractivity contribution in [2.45, 2.75) is 50.3 Å². The van der Waals surface area contributed by atoms with Crippen LogP contribution in [0.1, 0.15) is 37.9 Å². The summed E-state index contributed by atoms with van der Waals surface area (Å²) in [5, 5.41) is 11.6. The second-order valence-corrected chi connectivity index (χ2v) is 8.19. The average Bonchev–Trinajstić information content (AvgIpc) is 3.08. The Morgan fingerprint density at radius 1 is 1.13 bits per heavy atom. The maximum atomic E-state index is 13.9. The van der Waals surface area contributed by atoms with Crippen molar-refractivity contribution in [1.29, 1.82) is 0 Å². The minimum Gasteiger partial charge on any atom is -0.496 e. The van der Waals surface area contributed by atoms with Gasteiger partial charge in [-0.15, -0.1) is 0 Å². The number of fused-ring (bicyclic) bond motifs is 1. The van der Waals surface area contributed by atoms with E-state index >= 15 is 0 Å². The number of aliphatic hydroxyl groups is 1. The minimum atomic E-state index is -4.86. The topological polar surface area (TPSA) is 58.1 Å². The molecule has 2 aromatic heterocycles. The summed E-state index contributed by atoms with van der Waals surface area (Å²) in [5.41, 5.74) is -2.62. The zero-order valence-corrected chi connectivity index (χ0v) is 17.0. The molecule has 0 aliphatic carbocycles. The van der Waals surface area contributed by atoms with Gasteiger partial charge in [0.05, 0.1) is 18.8 Å². The molecule has 1 atom stereocenters. The lowest BCUT2D eigenvalue weighted by Crippen LogP contribution is -2.49. The first-order valence-corrected chi connectivity index (χ1v) is 9.50. The Labute approximate surface area is 171 Å². The van der Waals surface area contributed by atoms with E-state index < -0.39 is 35.9 Å². The van der Waals surface area contributed by atoms with Gasteiger partial charge in [-0.05, 0) is 55.0 Å². The maximum absolute atomic E-state index is 13.9. The lowest BCUT2D eigenvalue weighted by atomic mass is 9.73. The summed E-state index contributed by atoms with van der Waals surface area (Å²) >= 11 is 0. The van der Waals surface area contributed by atoms with E-state index in [2.05, 4.69) is 9.97 Å². The smallest absolute Gasteiger partial charge is 0.417 e. The number of aromatic amines is 1. The third-order valence-electron chi connectivity index (χ3n) is 5.44. The van der Waals surface area contributed by atoms with Crippen LogP contribution in [0.4, 0.5) is 17.6 Å². The summed E-state index contributed by atoms with van der Waals surface area (Å²) in [7, 11) is 1.37. The number of nitrogens with one attached hydrogen (secondary N) is 1. The molecule has 4 nitrogen and oxygen atoms in total. The Hall–Kier alpha value is -2.61. The van der Waals surface area contributed by atoms with Gasteiger partial charge in [-0.3, -0.25) is 4.98 Å². The van der Waals surface area contributed by atoms with Crippen molar-refractivity contribution in [2.24, 2.45) is 0 Å². The summed E-state index contributed by atoms with van der Waals surface area (Å²) in [4.78, 5) is 7.01. The van der Waals surface area contributed by atoms with E-state index in [0.717, 1.165) is 11.5 Å². The van der Waals surface area contributed by atoms with Crippen LogP contribution < -0.4 is 4.74 Å². The molecule has 1 aromatic carbocycles. The Morgan fingerprint density at radius 3 is 2.50 bits per heavy atom. The number of benzene rings is 1. The van der Waals surface area contributed by atoms with Gasteiger partial charge in [0.1, 0.15) is 11.6 Å². The van der Waals surface area contributed by atoms with Crippen molar-refractivity contribution in [1.82, 2.24) is 9.97 Å². The highest BCUT2D eigenvalue weighted by Crippen LogP contribution is 2.45. The number of hydrogen-bond donors (Lipinski definition) is 2. The number of aromatic nitrogens is 2. The number of H-pyrrole nitrogens is 1. The van der Waals surface area contributed by atoms with Crippen LogP contribution in [0.3, 0.4) is 0 Å². The quantitative estimate of drug-likeness (QED) is 0.506. The molecule has 0 spiro atoms. The van der Waals surface area contributed by atoms with Gasteiger partial charge in [0.2, 0.25) is 0 Å². The van der Waals surface area contributed by atoms with Gasteiger partial charge in [0, 0.05) is 22.8 Å². The number of nitrogens with zero attached hydrogens (tertiary/aromatic N) is 1. The second kappa shape index (κ2) is 7.91. The van der Waals surface area contributed by atoms with Gasteiger partial charge in [0.25, 0.3) is 0 Å². The first-order chi connectivity index (χ1) is 13.9. The fraction of sp³-hybridized carbons (Fsp3) is 0.409. The van der Waals surface area contributed by atoms with Crippen LogP contribution in [0.2, 0.25) is 0 Å². The summed E-state index contributed by atoms with van der Waals surface area (Å²) in [6, 6.07) is 7.20. The molecule has 2 heterocycles. The average molecular weight is 424 g/mol. The molecule has 0 saturated heterocycles. The lowest BCUT2D eigenvalue weighted by molar-refractivity contribution is -0.269. The number of pyridine rings is 1. The van der Waals surface area contributed by atoms with Gasteiger partial charge in [-0.1, -0.05) is 13.8 Å². The van der Waals surface area contributed by atoms with Crippen molar-refractivity contribution in [3.63, 3.8) is 0 Å². The van der Waals surface area contributed by atoms with E-state index in [0.29, 0.717) is 11.2 Å². The molecule has 0 aliphatic rings. The number of methoxy groups -OCH3 is 1. The van der Waals surface area contributed by atoms with Gasteiger partial charge in [-0.25, -0.2) is 4.39 Å². The van der Waals surface area contributed by atoms with Gasteiger partial charge in [-0.2, -0.15) is 13.2 Å². The molecule has 2 N–H and O–H groups in total. The number of ether oxygens (including phenoxy) is 1. The molecular weight excluding hydrogens is 400 g/mol. The van der Waals surface area contributed by atoms with Gasteiger partial charge < -0.3 is 14.8 Å². The first-order valence-electron chi connectivity index (χ1n) is 9.50. The van der Waals surface area contributed by atoms with Crippen LogP contribution in [0.25, 0.3) is 10.9 Å². The third kappa shape index (κ3) is 4.43. The van der Waals surface area contributed by atoms with Crippen LogP contribution in [0.15, 0.2) is 42.7 Å². The van der Waals surface area contributed by atoms with Gasteiger partial charge >= 0.3 is 6.18 Å². The molecule has 1 unspecified atom stereocenters. The van der Waals surface area contributed by atoms with E-state index in [4.69, 9.17) is 4.74 Å². The highest BCUT2D eigenvalue weighted by Gasteiger charge is 2.55. The van der Waals surface area contributed by atoms with Gasteiger partial charge in [0.15, 0.2) is 5.60 Å². The molecule has 8 heteroatoms. The fourth-order valence-electron chi connectivity index (χ4n) is 3.87. The Balaban J connectivity index is 1.88. The Kier molecular flexibility index (Phi) is 5.82. The molecule has 3 aromatic rings. The standard InChI is InChI=1S/C22H24F4N2O2/c1-20(2,17-11-15(23)4-5-19(17)30-3)13-21(29,22(24,25)26)8-6-16-10-14-7-9-27-12-18(14)28-16/h4-5,7,9-12,28-29H,6,8,13H2,1-3H3. The first kappa shape index (κ1) is 22.1. The molecule has 0 saturated carbocycles. The highest BCUT2D eigenvalue weighted by atomic mass is 19.4. The largest absolute Gasteiger partial charge is 0.496 e. The van der Waals surface area contributed by atoms with E-state index in [-0.39, 0.29) is 17.7 Å². The van der Waals surface area contributed by atoms with E-state index in [1.807, 2.05) is 0 Å². The zero-order chi connectivity index (χ0) is 22.2. The summed E-state index contributed by atoms with van der Waals surface area (Å²) < 4.78 is 60.8. The van der Waals surface area contributed by atoms with Crippen molar-refractivity contribution in [3.8, 4) is 5.75 Å². The van der Waals surface area contributed by atoms with Crippen LogP contribution in [-0.4, -0.2) is 34.0 Å². The third-order valence-corrected chi connectivity index (χ3v) is 5.44. The number of rotatable bonds is 7. The molecule has 0 aliphatic heterocycles. The van der Waals surface area contributed by atoms with E-state index in [1.54, 1.807) is 24.5 Å². The summed E-state index contributed by atoms with van der Waals surface area (Å²) in [6.45, 7) is 3.07. The predicted molar refractivity (Wildman–Crippen MR) is 106 cm³/mol. The van der Waals surface area contributed by atoms with Crippen molar-refractivity contribution in [3.05, 3.63) is 59.8 Å². The zero-order valence-electron chi connectivity index (χ0n) is 17.0. The van der Waals surface area contributed by atoms with Crippen molar-refractivity contribution >= 4 is 10.9 Å². The molecule has 0 fully saturated rings. The van der Waals surface area contributed by atoms with Crippen LogP contribution >= 0.6 is 0 Å². The number of hydrogen-bond acceptors (Lipinski definition) is 3. The molecule has 162 valence electrons. The summed E-state index contributed by atoms with van der Waals surface area (Å²) in [5.74, 6) is -0.310. The van der Waals surface area contributed by atoms with Crippen LogP contribution in [-0.2, 0) is 11.8 Å². The predicted octanol–water partition coefficient (Wildman–Crippen LogP) is 5.30. The molecular formula is C22H24F4N2O2. The second-order valence-electron chi connectivity index (χ2n) is 8.19. The maximum Gasteiger partial charge on any atom is 0.417 e. The van der Waals surface area contributed by atoms with Crippen molar-refractivity contribution < 1.29 is 27.4 Å².